The van der Waals surface area contributed by atoms with Crippen molar-refractivity contribution in [3.63, 3.8) is 0 Å². The fraction of sp³-hybridized carbons (Fsp3) is 0.280. The van der Waals surface area contributed by atoms with Crippen molar-refractivity contribution in [2.45, 2.75) is 24.9 Å². The topological polar surface area (TPSA) is 98.9 Å². The molecule has 4 aromatic rings. The van der Waals surface area contributed by atoms with Gasteiger partial charge in [-0.1, -0.05) is 18.2 Å². The number of hydrogen-bond acceptors (Lipinski definition) is 6. The molecule has 0 spiro atoms. The van der Waals surface area contributed by atoms with Gasteiger partial charge in [0.05, 0.1) is 24.0 Å². The second-order valence-corrected chi connectivity index (χ2v) is 8.94. The average Bonchev–Trinajstić information content (AvgIpc) is 3.48. The molecule has 0 radical (unpaired) electrons. The molecule has 0 saturated carbocycles. The molecule has 178 valence electrons. The molecule has 1 atom stereocenters. The Kier molecular flexibility index (Phi) is 5.20. The Morgan fingerprint density at radius 2 is 1.94 bits per heavy atom. The lowest BCUT2D eigenvalue weighted by atomic mass is 10.0. The van der Waals surface area contributed by atoms with E-state index in [1.165, 1.54) is 6.07 Å². The highest BCUT2D eigenvalue weighted by Crippen LogP contribution is 2.35. The molecular weight excluding hydrogens is 449 g/mol. The normalized spacial score (nSPS) is 18.1. The Balaban J connectivity index is 1.29. The highest BCUT2D eigenvalue weighted by Gasteiger charge is 2.30. The molecule has 5 heterocycles. The molecule has 2 aliphatic rings. The quantitative estimate of drug-likeness (QED) is 0.456. The SMILES string of the molecule is O=C(O)NC1CN(c2cccc(-c3cnc4ccc(N5CCCC5c5cccc(F)c5)nn34)n2)C1. The summed E-state index contributed by atoms with van der Waals surface area (Å²) in [7, 11) is 0. The van der Waals surface area contributed by atoms with E-state index in [4.69, 9.17) is 15.2 Å². The summed E-state index contributed by atoms with van der Waals surface area (Å²) in [5.74, 6) is 1.36. The zero-order valence-corrected chi connectivity index (χ0v) is 18.9. The van der Waals surface area contributed by atoms with Gasteiger partial charge in [0.15, 0.2) is 5.65 Å². The molecule has 10 heteroatoms. The molecule has 9 nitrogen and oxygen atoms in total. The fourth-order valence-corrected chi connectivity index (χ4v) is 4.97. The van der Waals surface area contributed by atoms with Crippen molar-refractivity contribution in [1.29, 1.82) is 0 Å². The van der Waals surface area contributed by atoms with E-state index in [1.54, 1.807) is 22.8 Å². The summed E-state index contributed by atoms with van der Waals surface area (Å²) in [4.78, 5) is 24.4. The Bertz CT molecular complexity index is 1400. The van der Waals surface area contributed by atoms with E-state index in [0.29, 0.717) is 18.7 Å². The first-order chi connectivity index (χ1) is 17.0. The lowest BCUT2D eigenvalue weighted by Gasteiger charge is -2.39. The van der Waals surface area contributed by atoms with Gasteiger partial charge >= 0.3 is 6.09 Å². The molecule has 2 fully saturated rings. The Hall–Kier alpha value is -4.21. The number of imidazole rings is 1. The van der Waals surface area contributed by atoms with Gasteiger partial charge in [0.1, 0.15) is 23.1 Å². The number of carboxylic acid groups (broad SMARTS) is 1. The van der Waals surface area contributed by atoms with E-state index in [-0.39, 0.29) is 17.9 Å². The predicted octanol–water partition coefficient (Wildman–Crippen LogP) is 3.73. The van der Waals surface area contributed by atoms with Crippen LogP contribution in [0.5, 0.6) is 0 Å². The molecule has 3 aromatic heterocycles. The number of benzene rings is 1. The van der Waals surface area contributed by atoms with E-state index >= 15 is 0 Å². The van der Waals surface area contributed by atoms with Gasteiger partial charge in [-0.3, -0.25) is 0 Å². The van der Waals surface area contributed by atoms with Crippen LogP contribution in [-0.4, -0.2) is 56.5 Å². The maximum absolute atomic E-state index is 13.9. The third kappa shape index (κ3) is 4.01. The van der Waals surface area contributed by atoms with Crippen LogP contribution in [0, 0.1) is 5.82 Å². The van der Waals surface area contributed by atoms with Gasteiger partial charge in [-0.25, -0.2) is 23.7 Å². The first kappa shape index (κ1) is 21.3. The van der Waals surface area contributed by atoms with Crippen molar-refractivity contribution in [3.8, 4) is 11.4 Å². The van der Waals surface area contributed by atoms with Crippen LogP contribution < -0.4 is 15.1 Å². The number of amides is 1. The molecule has 2 aliphatic heterocycles. The summed E-state index contributed by atoms with van der Waals surface area (Å²) >= 11 is 0. The first-order valence-electron chi connectivity index (χ1n) is 11.6. The summed E-state index contributed by atoms with van der Waals surface area (Å²) in [6.07, 6.45) is 2.70. The minimum absolute atomic E-state index is 0.0721. The van der Waals surface area contributed by atoms with Crippen LogP contribution in [0.15, 0.2) is 60.8 Å². The third-order valence-corrected chi connectivity index (χ3v) is 6.66. The molecule has 0 bridgehead atoms. The van der Waals surface area contributed by atoms with Crippen LogP contribution in [-0.2, 0) is 0 Å². The number of fused-ring (bicyclic) bond motifs is 1. The second kappa shape index (κ2) is 8.53. The Morgan fingerprint density at radius 3 is 2.77 bits per heavy atom. The molecule has 1 unspecified atom stereocenters. The minimum atomic E-state index is -1.01. The number of pyridine rings is 1. The summed E-state index contributed by atoms with van der Waals surface area (Å²) in [6, 6.07) is 16.4. The largest absolute Gasteiger partial charge is 0.465 e. The van der Waals surface area contributed by atoms with Gasteiger partial charge in [0.25, 0.3) is 0 Å². The second-order valence-electron chi connectivity index (χ2n) is 8.94. The number of nitrogens with zero attached hydrogens (tertiary/aromatic N) is 6. The summed E-state index contributed by atoms with van der Waals surface area (Å²) in [5.41, 5.74) is 3.17. The van der Waals surface area contributed by atoms with E-state index in [2.05, 4.69) is 15.2 Å². The first-order valence-corrected chi connectivity index (χ1v) is 11.6. The highest BCUT2D eigenvalue weighted by molar-refractivity contribution is 5.66. The maximum Gasteiger partial charge on any atom is 0.405 e. The van der Waals surface area contributed by atoms with Crippen molar-refractivity contribution < 1.29 is 14.3 Å². The third-order valence-electron chi connectivity index (χ3n) is 6.66. The molecule has 1 aromatic carbocycles. The van der Waals surface area contributed by atoms with Gasteiger partial charge in [-0.05, 0) is 54.8 Å². The molecule has 6 rings (SSSR count). The van der Waals surface area contributed by atoms with Crippen molar-refractivity contribution in [3.05, 3.63) is 72.2 Å². The van der Waals surface area contributed by atoms with E-state index in [0.717, 1.165) is 48.0 Å². The van der Waals surface area contributed by atoms with Crippen molar-refractivity contribution in [2.75, 3.05) is 29.4 Å². The molecular formula is C25H24FN7O2. The van der Waals surface area contributed by atoms with Crippen molar-refractivity contribution in [2.24, 2.45) is 0 Å². The van der Waals surface area contributed by atoms with E-state index in [9.17, 15) is 9.18 Å². The summed E-state index contributed by atoms with van der Waals surface area (Å²) in [5, 5.41) is 16.3. The van der Waals surface area contributed by atoms with Gasteiger partial charge in [0.2, 0.25) is 0 Å². The van der Waals surface area contributed by atoms with Crippen LogP contribution >= 0.6 is 0 Å². The standard InChI is InChI=1S/C25H24FN7O2/c26-17-5-1-4-16(12-17)20-7-3-11-32(20)24-10-9-22-27-13-21(33(22)30-24)19-6-2-8-23(29-19)31-14-18(15-31)28-25(34)35/h1-2,4-6,8-10,12-13,18,20,28H,3,7,11,14-15H2,(H,34,35). The fourth-order valence-electron chi connectivity index (χ4n) is 4.97. The number of halogens is 1. The Morgan fingerprint density at radius 1 is 1.09 bits per heavy atom. The zero-order chi connectivity index (χ0) is 23.9. The Labute approximate surface area is 200 Å². The lowest BCUT2D eigenvalue weighted by molar-refractivity contribution is 0.187. The number of rotatable bonds is 5. The smallest absolute Gasteiger partial charge is 0.405 e. The lowest BCUT2D eigenvalue weighted by Crippen LogP contribution is -2.59. The van der Waals surface area contributed by atoms with Crippen LogP contribution in [0.1, 0.15) is 24.4 Å². The minimum Gasteiger partial charge on any atom is -0.465 e. The number of hydrogen-bond donors (Lipinski definition) is 2. The van der Waals surface area contributed by atoms with Crippen LogP contribution in [0.4, 0.5) is 20.8 Å². The number of carbonyl (C=O) groups is 1. The zero-order valence-electron chi connectivity index (χ0n) is 18.9. The molecule has 1 amide bonds. The molecule has 2 N–H and O–H groups in total. The van der Waals surface area contributed by atoms with Crippen molar-refractivity contribution in [1.82, 2.24) is 24.9 Å². The number of nitrogens with one attached hydrogen (secondary N) is 1. The maximum atomic E-state index is 13.9. The highest BCUT2D eigenvalue weighted by atomic mass is 19.1. The van der Waals surface area contributed by atoms with Crippen molar-refractivity contribution >= 4 is 23.4 Å². The van der Waals surface area contributed by atoms with E-state index in [1.807, 2.05) is 41.3 Å². The molecule has 2 saturated heterocycles. The van der Waals surface area contributed by atoms with Gasteiger partial charge in [-0.2, -0.15) is 0 Å². The van der Waals surface area contributed by atoms with Gasteiger partial charge in [0, 0.05) is 19.6 Å². The summed E-state index contributed by atoms with van der Waals surface area (Å²) < 4.78 is 15.7. The molecule has 0 aliphatic carbocycles. The van der Waals surface area contributed by atoms with Crippen LogP contribution in [0.25, 0.3) is 17.0 Å². The van der Waals surface area contributed by atoms with Gasteiger partial charge < -0.3 is 20.2 Å². The number of aromatic nitrogens is 4. The van der Waals surface area contributed by atoms with Crippen LogP contribution in [0.3, 0.4) is 0 Å². The summed E-state index contributed by atoms with van der Waals surface area (Å²) in [6.45, 7) is 2.00. The van der Waals surface area contributed by atoms with Gasteiger partial charge in [-0.15, -0.1) is 5.10 Å². The number of anilines is 2. The average molecular weight is 474 g/mol. The molecule has 35 heavy (non-hydrogen) atoms. The predicted molar refractivity (Wildman–Crippen MR) is 129 cm³/mol. The van der Waals surface area contributed by atoms with E-state index < -0.39 is 6.09 Å². The van der Waals surface area contributed by atoms with Crippen LogP contribution in [0.2, 0.25) is 0 Å². The monoisotopic (exact) mass is 473 g/mol.